The number of aromatic nitrogens is 1. The van der Waals surface area contributed by atoms with Crippen LogP contribution >= 0.6 is 0 Å². The first-order valence-corrected chi connectivity index (χ1v) is 5.98. The van der Waals surface area contributed by atoms with Crippen molar-refractivity contribution < 1.29 is 9.59 Å². The Balaban J connectivity index is 2.71. The van der Waals surface area contributed by atoms with Crippen LogP contribution in [-0.2, 0) is 4.79 Å². The molecule has 0 aliphatic heterocycles. The summed E-state index contributed by atoms with van der Waals surface area (Å²) in [7, 11) is 1.56. The third kappa shape index (κ3) is 4.16. The van der Waals surface area contributed by atoms with Gasteiger partial charge >= 0.3 is 0 Å². The fourth-order valence-electron chi connectivity index (χ4n) is 1.61. The van der Waals surface area contributed by atoms with Crippen LogP contribution in [0.1, 0.15) is 30.8 Å². The van der Waals surface area contributed by atoms with Crippen molar-refractivity contribution in [1.29, 1.82) is 0 Å². The van der Waals surface area contributed by atoms with Crippen LogP contribution in [0.15, 0.2) is 24.4 Å². The molecule has 0 fully saturated rings. The highest BCUT2D eigenvalue weighted by atomic mass is 16.2. The van der Waals surface area contributed by atoms with Gasteiger partial charge in [-0.1, -0.05) is 19.9 Å². The van der Waals surface area contributed by atoms with E-state index in [1.165, 1.54) is 0 Å². The predicted molar refractivity (Wildman–Crippen MR) is 69.0 cm³/mol. The minimum atomic E-state index is -0.524. The highest BCUT2D eigenvalue weighted by molar-refractivity contribution is 5.95. The predicted octanol–water partition coefficient (Wildman–Crippen LogP) is 0.972. The van der Waals surface area contributed by atoms with Crippen LogP contribution in [0.25, 0.3) is 0 Å². The fourth-order valence-corrected chi connectivity index (χ4v) is 1.61. The highest BCUT2D eigenvalue weighted by Gasteiger charge is 2.21. The third-order valence-corrected chi connectivity index (χ3v) is 2.47. The molecule has 0 radical (unpaired) electrons. The first-order chi connectivity index (χ1) is 8.54. The molecule has 1 unspecified atom stereocenters. The van der Waals surface area contributed by atoms with Gasteiger partial charge in [0.2, 0.25) is 5.91 Å². The van der Waals surface area contributed by atoms with Crippen molar-refractivity contribution in [3.05, 3.63) is 30.1 Å². The second-order valence-corrected chi connectivity index (χ2v) is 4.48. The summed E-state index contributed by atoms with van der Waals surface area (Å²) in [6.07, 6.45) is 2.14. The standard InChI is InChI=1S/C13H19N3O2/c1-9(2)8-11(12(17)14-3)16-13(18)10-6-4-5-7-15-10/h4-7,9,11H,8H2,1-3H3,(H,14,17)(H,16,18). The average Bonchev–Trinajstić information content (AvgIpc) is 2.37. The van der Waals surface area contributed by atoms with Gasteiger partial charge in [0.15, 0.2) is 0 Å². The Morgan fingerprint density at radius 1 is 1.33 bits per heavy atom. The van der Waals surface area contributed by atoms with Gasteiger partial charge in [0.25, 0.3) is 5.91 Å². The summed E-state index contributed by atoms with van der Waals surface area (Å²) in [6, 6.07) is 4.57. The SMILES string of the molecule is CNC(=O)C(CC(C)C)NC(=O)c1ccccn1. The van der Waals surface area contributed by atoms with E-state index in [1.54, 1.807) is 31.4 Å². The molecule has 0 aliphatic carbocycles. The Kier molecular flexibility index (Phi) is 5.30. The zero-order chi connectivity index (χ0) is 13.5. The lowest BCUT2D eigenvalue weighted by atomic mass is 10.0. The monoisotopic (exact) mass is 249 g/mol. The molecule has 2 amide bonds. The van der Waals surface area contributed by atoms with Gasteiger partial charge in [-0.15, -0.1) is 0 Å². The van der Waals surface area contributed by atoms with Gasteiger partial charge in [0.05, 0.1) is 0 Å². The largest absolute Gasteiger partial charge is 0.357 e. The lowest BCUT2D eigenvalue weighted by molar-refractivity contribution is -0.122. The van der Waals surface area contributed by atoms with Crippen molar-refractivity contribution in [3.63, 3.8) is 0 Å². The summed E-state index contributed by atoms with van der Waals surface area (Å²) >= 11 is 0. The van der Waals surface area contributed by atoms with Gasteiger partial charge in [-0.2, -0.15) is 0 Å². The van der Waals surface area contributed by atoms with Crippen LogP contribution in [0.5, 0.6) is 0 Å². The molecule has 5 heteroatoms. The number of rotatable bonds is 5. The van der Waals surface area contributed by atoms with Gasteiger partial charge in [-0.3, -0.25) is 14.6 Å². The maximum Gasteiger partial charge on any atom is 0.270 e. The van der Waals surface area contributed by atoms with Crippen LogP contribution in [0.2, 0.25) is 0 Å². The Bertz CT molecular complexity index is 404. The van der Waals surface area contributed by atoms with Crippen LogP contribution in [0.3, 0.4) is 0 Å². The minimum Gasteiger partial charge on any atom is -0.357 e. The molecular weight excluding hydrogens is 230 g/mol. The van der Waals surface area contributed by atoms with Gasteiger partial charge in [0, 0.05) is 13.2 Å². The number of carbonyl (C=O) groups is 2. The molecule has 1 rings (SSSR count). The topological polar surface area (TPSA) is 71.1 Å². The van der Waals surface area contributed by atoms with Crippen LogP contribution in [0, 0.1) is 5.92 Å². The average molecular weight is 249 g/mol. The van der Waals surface area contributed by atoms with Gasteiger partial charge in [-0.05, 0) is 24.5 Å². The number of nitrogens with one attached hydrogen (secondary N) is 2. The van der Waals surface area contributed by atoms with Crippen LogP contribution in [0.4, 0.5) is 0 Å². The third-order valence-electron chi connectivity index (χ3n) is 2.47. The molecule has 5 nitrogen and oxygen atoms in total. The molecule has 0 saturated heterocycles. The normalized spacial score (nSPS) is 12.0. The number of pyridine rings is 1. The van der Waals surface area contributed by atoms with E-state index in [0.717, 1.165) is 0 Å². The van der Waals surface area contributed by atoms with E-state index in [9.17, 15) is 9.59 Å². The Labute approximate surface area is 107 Å². The van der Waals surface area contributed by atoms with Gasteiger partial charge in [0.1, 0.15) is 11.7 Å². The summed E-state index contributed by atoms with van der Waals surface area (Å²) < 4.78 is 0. The molecule has 0 bridgehead atoms. The second-order valence-electron chi connectivity index (χ2n) is 4.48. The van der Waals surface area contributed by atoms with Crippen LogP contribution < -0.4 is 10.6 Å². The molecule has 0 aromatic carbocycles. The number of hydrogen-bond donors (Lipinski definition) is 2. The Hall–Kier alpha value is -1.91. The summed E-state index contributed by atoms with van der Waals surface area (Å²) in [4.78, 5) is 27.5. The summed E-state index contributed by atoms with van der Waals surface area (Å²) in [5.41, 5.74) is 0.315. The maximum atomic E-state index is 11.9. The quantitative estimate of drug-likeness (QED) is 0.817. The van der Waals surface area contributed by atoms with E-state index in [2.05, 4.69) is 15.6 Å². The van der Waals surface area contributed by atoms with E-state index in [1.807, 2.05) is 13.8 Å². The first-order valence-electron chi connectivity index (χ1n) is 5.98. The van der Waals surface area contributed by atoms with Crippen molar-refractivity contribution in [1.82, 2.24) is 15.6 Å². The van der Waals surface area contributed by atoms with Crippen molar-refractivity contribution in [2.45, 2.75) is 26.3 Å². The first kappa shape index (κ1) is 14.2. The number of hydrogen-bond acceptors (Lipinski definition) is 3. The lowest BCUT2D eigenvalue weighted by Gasteiger charge is -2.18. The molecule has 1 aromatic rings. The van der Waals surface area contributed by atoms with E-state index in [-0.39, 0.29) is 11.8 Å². The number of amides is 2. The minimum absolute atomic E-state index is 0.187. The second kappa shape index (κ2) is 6.74. The summed E-state index contributed by atoms with van der Waals surface area (Å²) in [6.45, 7) is 4.01. The Morgan fingerprint density at radius 2 is 2.06 bits per heavy atom. The molecule has 0 aliphatic rings. The molecule has 18 heavy (non-hydrogen) atoms. The van der Waals surface area contributed by atoms with E-state index in [0.29, 0.717) is 18.0 Å². The molecule has 1 heterocycles. The smallest absolute Gasteiger partial charge is 0.270 e. The maximum absolute atomic E-state index is 11.9. The summed E-state index contributed by atoms with van der Waals surface area (Å²) in [5.74, 6) is -0.200. The highest BCUT2D eigenvalue weighted by Crippen LogP contribution is 2.06. The molecule has 0 spiro atoms. The molecule has 1 aromatic heterocycles. The zero-order valence-corrected chi connectivity index (χ0v) is 10.9. The van der Waals surface area contributed by atoms with Gasteiger partial charge in [-0.25, -0.2) is 0 Å². The van der Waals surface area contributed by atoms with E-state index in [4.69, 9.17) is 0 Å². The Morgan fingerprint density at radius 3 is 2.56 bits per heavy atom. The van der Waals surface area contributed by atoms with Crippen LogP contribution in [-0.4, -0.2) is 29.9 Å². The van der Waals surface area contributed by atoms with E-state index >= 15 is 0 Å². The van der Waals surface area contributed by atoms with Crippen molar-refractivity contribution in [2.24, 2.45) is 5.92 Å². The molecule has 2 N–H and O–H groups in total. The number of nitrogens with zero attached hydrogens (tertiary/aromatic N) is 1. The van der Waals surface area contributed by atoms with Crippen molar-refractivity contribution in [3.8, 4) is 0 Å². The van der Waals surface area contributed by atoms with Gasteiger partial charge < -0.3 is 10.6 Å². The number of likely N-dealkylation sites (N-methyl/N-ethyl adjacent to an activating group) is 1. The molecule has 98 valence electrons. The molecular formula is C13H19N3O2. The van der Waals surface area contributed by atoms with E-state index < -0.39 is 6.04 Å². The molecule has 0 saturated carbocycles. The summed E-state index contributed by atoms with van der Waals surface area (Å²) in [5, 5.41) is 5.26. The van der Waals surface area contributed by atoms with Crippen molar-refractivity contribution >= 4 is 11.8 Å². The number of carbonyl (C=O) groups excluding carboxylic acids is 2. The lowest BCUT2D eigenvalue weighted by Crippen LogP contribution is -2.46. The fraction of sp³-hybridized carbons (Fsp3) is 0.462. The zero-order valence-electron chi connectivity index (χ0n) is 10.9. The molecule has 1 atom stereocenters. The van der Waals surface area contributed by atoms with Crippen molar-refractivity contribution in [2.75, 3.05) is 7.05 Å².